The van der Waals surface area contributed by atoms with Crippen LogP contribution >= 0.6 is 0 Å². The lowest BCUT2D eigenvalue weighted by molar-refractivity contribution is 0.480. The van der Waals surface area contributed by atoms with Crippen LogP contribution in [0.25, 0.3) is 0 Å². The molecule has 2 aromatic heterocycles. The van der Waals surface area contributed by atoms with Gasteiger partial charge in [0.1, 0.15) is 0 Å². The van der Waals surface area contributed by atoms with E-state index in [0.717, 1.165) is 25.3 Å². The fraction of sp³-hybridized carbons (Fsp3) is 0.429. The molecule has 1 fully saturated rings. The Hall–Kier alpha value is -1.68. The maximum atomic E-state index is 4.38. The molecule has 1 saturated heterocycles. The number of pyridine rings is 1. The van der Waals surface area contributed by atoms with E-state index in [9.17, 15) is 0 Å². The smallest absolute Gasteiger partial charge is 0.0952 e. The molecule has 0 saturated carbocycles. The summed E-state index contributed by atoms with van der Waals surface area (Å²) in [5.41, 5.74) is 2.58. The van der Waals surface area contributed by atoms with E-state index in [1.54, 1.807) is 0 Å². The van der Waals surface area contributed by atoms with E-state index in [-0.39, 0.29) is 5.41 Å². The highest BCUT2D eigenvalue weighted by Gasteiger charge is 2.33. The van der Waals surface area contributed by atoms with Crippen LogP contribution in [-0.2, 0) is 12.0 Å². The summed E-state index contributed by atoms with van der Waals surface area (Å²) in [6.45, 7) is 5.22. The van der Waals surface area contributed by atoms with E-state index in [4.69, 9.17) is 0 Å². The van der Waals surface area contributed by atoms with Crippen LogP contribution in [0.2, 0.25) is 0 Å². The fourth-order valence-corrected chi connectivity index (χ4v) is 2.65. The predicted molar refractivity (Wildman–Crippen MR) is 70.4 cm³/mol. The molecule has 0 amide bonds. The first kappa shape index (κ1) is 11.4. The zero-order valence-electron chi connectivity index (χ0n) is 10.6. The summed E-state index contributed by atoms with van der Waals surface area (Å²) >= 11 is 0. The number of aromatic nitrogens is 3. The summed E-state index contributed by atoms with van der Waals surface area (Å²) in [5.74, 6) is 0. The van der Waals surface area contributed by atoms with Gasteiger partial charge in [0.25, 0.3) is 0 Å². The van der Waals surface area contributed by atoms with E-state index in [2.05, 4.69) is 32.8 Å². The molecule has 1 aliphatic rings. The van der Waals surface area contributed by atoms with Gasteiger partial charge in [0, 0.05) is 30.0 Å². The van der Waals surface area contributed by atoms with E-state index in [1.807, 2.05) is 30.9 Å². The second-order valence-electron chi connectivity index (χ2n) is 5.22. The van der Waals surface area contributed by atoms with Gasteiger partial charge in [-0.2, -0.15) is 0 Å². The molecular formula is C14H18N4. The summed E-state index contributed by atoms with van der Waals surface area (Å²) in [5, 5.41) is 3.44. The molecule has 1 N–H and O–H groups in total. The van der Waals surface area contributed by atoms with Gasteiger partial charge < -0.3 is 9.88 Å². The second kappa shape index (κ2) is 4.53. The SMILES string of the molecule is CC1(c2cncn2Cc2ccccn2)CCNC1. The Morgan fingerprint density at radius 3 is 3.11 bits per heavy atom. The number of rotatable bonds is 3. The van der Waals surface area contributed by atoms with Crippen molar-refractivity contribution in [3.63, 3.8) is 0 Å². The van der Waals surface area contributed by atoms with Gasteiger partial charge in [0.05, 0.1) is 18.6 Å². The molecule has 4 nitrogen and oxygen atoms in total. The molecule has 1 unspecified atom stereocenters. The van der Waals surface area contributed by atoms with Crippen LogP contribution in [0.15, 0.2) is 36.9 Å². The van der Waals surface area contributed by atoms with Crippen molar-refractivity contribution in [2.75, 3.05) is 13.1 Å². The van der Waals surface area contributed by atoms with Crippen LogP contribution in [0.1, 0.15) is 24.7 Å². The van der Waals surface area contributed by atoms with Gasteiger partial charge >= 0.3 is 0 Å². The van der Waals surface area contributed by atoms with E-state index < -0.39 is 0 Å². The average molecular weight is 242 g/mol. The molecule has 0 aromatic carbocycles. The lowest BCUT2D eigenvalue weighted by Gasteiger charge is -2.24. The normalized spacial score (nSPS) is 23.4. The summed E-state index contributed by atoms with van der Waals surface area (Å²) in [6, 6.07) is 6.03. The van der Waals surface area contributed by atoms with Gasteiger partial charge in [-0.3, -0.25) is 4.98 Å². The summed E-state index contributed by atoms with van der Waals surface area (Å²) < 4.78 is 2.22. The number of nitrogens with one attached hydrogen (secondary N) is 1. The Bertz CT molecular complexity index is 512. The van der Waals surface area contributed by atoms with Crippen molar-refractivity contribution in [3.05, 3.63) is 48.3 Å². The van der Waals surface area contributed by atoms with Crippen molar-refractivity contribution in [1.82, 2.24) is 19.9 Å². The van der Waals surface area contributed by atoms with Gasteiger partial charge in [0.15, 0.2) is 0 Å². The van der Waals surface area contributed by atoms with E-state index in [1.165, 1.54) is 12.1 Å². The Morgan fingerprint density at radius 1 is 1.44 bits per heavy atom. The fourth-order valence-electron chi connectivity index (χ4n) is 2.65. The Balaban J connectivity index is 1.88. The maximum absolute atomic E-state index is 4.38. The topological polar surface area (TPSA) is 42.7 Å². The third-order valence-corrected chi connectivity index (χ3v) is 3.76. The third kappa shape index (κ3) is 2.04. The van der Waals surface area contributed by atoms with Crippen molar-refractivity contribution in [1.29, 1.82) is 0 Å². The van der Waals surface area contributed by atoms with Crippen LogP contribution < -0.4 is 5.32 Å². The maximum Gasteiger partial charge on any atom is 0.0952 e. The molecule has 0 spiro atoms. The number of nitrogens with zero attached hydrogens (tertiary/aromatic N) is 3. The van der Waals surface area contributed by atoms with Crippen LogP contribution in [-0.4, -0.2) is 27.6 Å². The van der Waals surface area contributed by atoms with Crippen molar-refractivity contribution >= 4 is 0 Å². The van der Waals surface area contributed by atoms with Crippen LogP contribution in [0.3, 0.4) is 0 Å². The van der Waals surface area contributed by atoms with Crippen molar-refractivity contribution in [3.8, 4) is 0 Å². The second-order valence-corrected chi connectivity index (χ2v) is 5.22. The molecule has 2 aromatic rings. The molecule has 3 rings (SSSR count). The molecule has 1 atom stereocenters. The van der Waals surface area contributed by atoms with Crippen molar-refractivity contribution in [2.45, 2.75) is 25.3 Å². The molecule has 0 radical (unpaired) electrons. The number of imidazole rings is 1. The zero-order chi connectivity index (χ0) is 12.4. The van der Waals surface area contributed by atoms with Crippen molar-refractivity contribution < 1.29 is 0 Å². The summed E-state index contributed by atoms with van der Waals surface area (Å²) in [4.78, 5) is 8.70. The van der Waals surface area contributed by atoms with Gasteiger partial charge in [-0.15, -0.1) is 0 Å². The predicted octanol–water partition coefficient (Wildman–Crippen LogP) is 1.58. The van der Waals surface area contributed by atoms with Crippen LogP contribution in [0.5, 0.6) is 0 Å². The highest BCUT2D eigenvalue weighted by molar-refractivity contribution is 5.18. The number of hydrogen-bond donors (Lipinski definition) is 1. The molecule has 18 heavy (non-hydrogen) atoms. The molecule has 0 aliphatic carbocycles. The lowest BCUT2D eigenvalue weighted by atomic mass is 9.86. The molecule has 0 bridgehead atoms. The quantitative estimate of drug-likeness (QED) is 0.888. The largest absolute Gasteiger partial charge is 0.328 e. The third-order valence-electron chi connectivity index (χ3n) is 3.76. The van der Waals surface area contributed by atoms with Crippen LogP contribution in [0, 0.1) is 0 Å². The summed E-state index contributed by atoms with van der Waals surface area (Å²) in [7, 11) is 0. The van der Waals surface area contributed by atoms with Crippen LogP contribution in [0.4, 0.5) is 0 Å². The molecule has 1 aliphatic heterocycles. The monoisotopic (exact) mass is 242 g/mol. The first-order chi connectivity index (χ1) is 8.78. The van der Waals surface area contributed by atoms with Gasteiger partial charge in [-0.05, 0) is 25.1 Å². The molecular weight excluding hydrogens is 224 g/mol. The van der Waals surface area contributed by atoms with Gasteiger partial charge in [0.2, 0.25) is 0 Å². The number of hydrogen-bond acceptors (Lipinski definition) is 3. The Morgan fingerprint density at radius 2 is 2.39 bits per heavy atom. The van der Waals surface area contributed by atoms with Gasteiger partial charge in [-0.25, -0.2) is 4.98 Å². The highest BCUT2D eigenvalue weighted by Crippen LogP contribution is 2.29. The molecule has 4 heteroatoms. The Kier molecular flexibility index (Phi) is 2.88. The average Bonchev–Trinajstić information content (AvgIpc) is 3.00. The van der Waals surface area contributed by atoms with E-state index in [0.29, 0.717) is 0 Å². The Labute approximate surface area is 107 Å². The zero-order valence-corrected chi connectivity index (χ0v) is 10.6. The van der Waals surface area contributed by atoms with Gasteiger partial charge in [-0.1, -0.05) is 13.0 Å². The minimum Gasteiger partial charge on any atom is -0.328 e. The van der Waals surface area contributed by atoms with E-state index >= 15 is 0 Å². The highest BCUT2D eigenvalue weighted by atomic mass is 15.1. The lowest BCUT2D eigenvalue weighted by Crippen LogP contribution is -2.28. The molecule has 3 heterocycles. The standard InChI is InChI=1S/C14H18N4/c1-14(5-7-15-10-14)13-8-16-11-18(13)9-12-4-2-3-6-17-12/h2-4,6,8,11,15H,5,7,9-10H2,1H3. The minimum absolute atomic E-state index is 0.200. The minimum atomic E-state index is 0.200. The first-order valence-electron chi connectivity index (χ1n) is 6.39. The molecule has 94 valence electrons. The van der Waals surface area contributed by atoms with Crippen molar-refractivity contribution in [2.24, 2.45) is 0 Å². The first-order valence-corrected chi connectivity index (χ1v) is 6.39. The summed E-state index contributed by atoms with van der Waals surface area (Å²) in [6.07, 6.45) is 6.91.